The number of nitrogens with zero attached hydrogens (tertiary/aromatic N) is 6. The molecule has 8 heteroatoms. The quantitative estimate of drug-likeness (QED) is 0.669. The van der Waals surface area contributed by atoms with Gasteiger partial charge < -0.3 is 15.1 Å². The number of aliphatic imine (C=N–C) groups is 1. The van der Waals surface area contributed by atoms with Gasteiger partial charge in [0, 0.05) is 56.2 Å². The number of piperazine rings is 1. The Labute approximate surface area is 146 Å². The van der Waals surface area contributed by atoms with Gasteiger partial charge in [-0.1, -0.05) is 0 Å². The molecule has 1 aliphatic rings. The van der Waals surface area contributed by atoms with Gasteiger partial charge in [-0.3, -0.25) is 0 Å². The average Bonchev–Trinajstić information content (AvgIpc) is 3.05. The number of nitrogens with one attached hydrogen (secondary N) is 1. The fourth-order valence-corrected chi connectivity index (χ4v) is 3.35. The maximum absolute atomic E-state index is 4.77. The number of thiazole rings is 1. The maximum Gasteiger partial charge on any atom is 0.225 e. The number of aromatic nitrogens is 3. The zero-order valence-electron chi connectivity index (χ0n) is 14.1. The maximum atomic E-state index is 4.77. The molecule has 0 radical (unpaired) electrons. The second-order valence-corrected chi connectivity index (χ2v) is 6.86. The van der Waals surface area contributed by atoms with Crippen LogP contribution in [0.5, 0.6) is 0 Å². The molecule has 128 valence electrons. The summed E-state index contributed by atoms with van der Waals surface area (Å²) in [6, 6.07) is 1.84. The van der Waals surface area contributed by atoms with Crippen molar-refractivity contribution in [1.82, 2.24) is 25.2 Å². The predicted molar refractivity (Wildman–Crippen MR) is 97.5 cm³/mol. The molecule has 3 heterocycles. The van der Waals surface area contributed by atoms with Crippen molar-refractivity contribution in [2.75, 3.05) is 37.6 Å². The Morgan fingerprint density at radius 2 is 1.96 bits per heavy atom. The molecule has 0 spiro atoms. The van der Waals surface area contributed by atoms with E-state index in [-0.39, 0.29) is 0 Å². The lowest BCUT2D eigenvalue weighted by Crippen LogP contribution is -2.52. The van der Waals surface area contributed by atoms with E-state index in [1.54, 1.807) is 23.7 Å². The Balaban J connectivity index is 1.61. The number of hydrogen-bond acceptors (Lipinski definition) is 6. The predicted octanol–water partition coefficient (Wildman–Crippen LogP) is 1.53. The van der Waals surface area contributed by atoms with Crippen LogP contribution in [0, 0.1) is 6.92 Å². The molecule has 0 aromatic carbocycles. The summed E-state index contributed by atoms with van der Waals surface area (Å²) in [5.41, 5.74) is 0. The second-order valence-electron chi connectivity index (χ2n) is 5.54. The normalized spacial score (nSPS) is 15.7. The Hall–Kier alpha value is -2.22. The molecule has 2 aromatic heterocycles. The Kier molecular flexibility index (Phi) is 5.58. The third kappa shape index (κ3) is 4.19. The van der Waals surface area contributed by atoms with E-state index in [0.717, 1.165) is 49.6 Å². The Morgan fingerprint density at radius 3 is 2.58 bits per heavy atom. The van der Waals surface area contributed by atoms with E-state index in [4.69, 9.17) is 4.99 Å². The summed E-state index contributed by atoms with van der Waals surface area (Å²) in [4.78, 5) is 23.4. The van der Waals surface area contributed by atoms with Gasteiger partial charge in [0.15, 0.2) is 5.96 Å². The first-order valence-corrected chi connectivity index (χ1v) is 9.04. The van der Waals surface area contributed by atoms with Crippen LogP contribution in [0.3, 0.4) is 0 Å². The summed E-state index contributed by atoms with van der Waals surface area (Å²) >= 11 is 1.70. The van der Waals surface area contributed by atoms with Crippen LogP contribution in [0.25, 0.3) is 0 Å². The molecule has 1 N–H and O–H groups in total. The SMILES string of the molecule is CCNC(=NCc1cnc(C)s1)N1CCN(c2ncccn2)CC1. The second kappa shape index (κ2) is 8.05. The van der Waals surface area contributed by atoms with Gasteiger partial charge in [0.1, 0.15) is 0 Å². The third-order valence-electron chi connectivity index (χ3n) is 3.80. The van der Waals surface area contributed by atoms with Crippen molar-refractivity contribution < 1.29 is 0 Å². The van der Waals surface area contributed by atoms with Crippen LogP contribution in [-0.2, 0) is 6.54 Å². The molecule has 0 atom stereocenters. The Bertz CT molecular complexity index is 662. The van der Waals surface area contributed by atoms with Crippen molar-refractivity contribution in [1.29, 1.82) is 0 Å². The lowest BCUT2D eigenvalue weighted by atomic mass is 10.3. The number of anilines is 1. The third-order valence-corrected chi connectivity index (χ3v) is 4.70. The number of aryl methyl sites for hydroxylation is 1. The monoisotopic (exact) mass is 345 g/mol. The number of hydrogen-bond donors (Lipinski definition) is 1. The van der Waals surface area contributed by atoms with Gasteiger partial charge in [-0.2, -0.15) is 0 Å². The fourth-order valence-electron chi connectivity index (χ4n) is 2.63. The van der Waals surface area contributed by atoms with Gasteiger partial charge in [-0.25, -0.2) is 19.9 Å². The van der Waals surface area contributed by atoms with Crippen LogP contribution in [0.15, 0.2) is 29.6 Å². The minimum Gasteiger partial charge on any atom is -0.357 e. The van der Waals surface area contributed by atoms with Crippen molar-refractivity contribution in [2.24, 2.45) is 4.99 Å². The van der Waals surface area contributed by atoms with Crippen molar-refractivity contribution in [3.63, 3.8) is 0 Å². The van der Waals surface area contributed by atoms with Crippen molar-refractivity contribution in [3.8, 4) is 0 Å². The molecule has 0 bridgehead atoms. The highest BCUT2D eigenvalue weighted by molar-refractivity contribution is 7.11. The van der Waals surface area contributed by atoms with E-state index in [2.05, 4.69) is 37.0 Å². The van der Waals surface area contributed by atoms with Gasteiger partial charge in [-0.05, 0) is 19.9 Å². The zero-order chi connectivity index (χ0) is 16.8. The lowest BCUT2D eigenvalue weighted by Gasteiger charge is -2.36. The summed E-state index contributed by atoms with van der Waals surface area (Å²) in [6.45, 7) is 9.27. The van der Waals surface area contributed by atoms with Gasteiger partial charge in [0.05, 0.1) is 11.6 Å². The highest BCUT2D eigenvalue weighted by Gasteiger charge is 2.21. The number of rotatable bonds is 4. The summed E-state index contributed by atoms with van der Waals surface area (Å²) in [5.74, 6) is 1.77. The molecule has 1 fully saturated rings. The van der Waals surface area contributed by atoms with Gasteiger partial charge >= 0.3 is 0 Å². The first kappa shape index (κ1) is 16.6. The zero-order valence-corrected chi connectivity index (χ0v) is 15.0. The van der Waals surface area contributed by atoms with E-state index in [1.165, 1.54) is 4.88 Å². The molecule has 0 saturated carbocycles. The molecule has 1 aliphatic heterocycles. The smallest absolute Gasteiger partial charge is 0.225 e. The molecule has 2 aromatic rings. The van der Waals surface area contributed by atoms with E-state index in [0.29, 0.717) is 6.54 Å². The molecule has 0 unspecified atom stereocenters. The van der Waals surface area contributed by atoms with Gasteiger partial charge in [-0.15, -0.1) is 11.3 Å². The molecular formula is C16H23N7S. The molecule has 3 rings (SSSR count). The van der Waals surface area contributed by atoms with E-state index in [1.807, 2.05) is 19.2 Å². The first-order chi connectivity index (χ1) is 11.8. The van der Waals surface area contributed by atoms with Gasteiger partial charge in [0.25, 0.3) is 0 Å². The highest BCUT2D eigenvalue weighted by atomic mass is 32.1. The van der Waals surface area contributed by atoms with E-state index < -0.39 is 0 Å². The summed E-state index contributed by atoms with van der Waals surface area (Å²) in [7, 11) is 0. The van der Waals surface area contributed by atoms with Crippen LogP contribution in [0.4, 0.5) is 5.95 Å². The molecule has 0 aliphatic carbocycles. The summed E-state index contributed by atoms with van der Waals surface area (Å²) in [5, 5.41) is 4.48. The molecule has 7 nitrogen and oxygen atoms in total. The minimum atomic E-state index is 0.676. The van der Waals surface area contributed by atoms with Crippen molar-refractivity contribution in [3.05, 3.63) is 34.5 Å². The minimum absolute atomic E-state index is 0.676. The molecule has 24 heavy (non-hydrogen) atoms. The lowest BCUT2D eigenvalue weighted by molar-refractivity contribution is 0.370. The van der Waals surface area contributed by atoms with E-state index in [9.17, 15) is 0 Å². The van der Waals surface area contributed by atoms with Crippen LogP contribution in [0.1, 0.15) is 16.8 Å². The number of guanidine groups is 1. The largest absolute Gasteiger partial charge is 0.357 e. The fraction of sp³-hybridized carbons (Fsp3) is 0.500. The Morgan fingerprint density at radius 1 is 1.21 bits per heavy atom. The van der Waals surface area contributed by atoms with Crippen LogP contribution in [-0.4, -0.2) is 58.5 Å². The summed E-state index contributed by atoms with van der Waals surface area (Å²) in [6.07, 6.45) is 5.49. The molecular weight excluding hydrogens is 322 g/mol. The molecule has 1 saturated heterocycles. The molecule has 0 amide bonds. The van der Waals surface area contributed by atoms with Crippen LogP contribution >= 0.6 is 11.3 Å². The average molecular weight is 345 g/mol. The standard InChI is InChI=1S/C16H23N7S/c1-3-17-15(21-12-14-11-20-13(2)24-14)22-7-9-23(10-8-22)16-18-5-4-6-19-16/h4-6,11H,3,7-10,12H2,1-2H3,(H,17,21). The van der Waals surface area contributed by atoms with Crippen molar-refractivity contribution >= 4 is 23.2 Å². The topological polar surface area (TPSA) is 69.5 Å². The summed E-state index contributed by atoms with van der Waals surface area (Å²) < 4.78 is 0. The first-order valence-electron chi connectivity index (χ1n) is 8.23. The van der Waals surface area contributed by atoms with Gasteiger partial charge in [0.2, 0.25) is 5.95 Å². The highest BCUT2D eigenvalue weighted by Crippen LogP contribution is 2.13. The van der Waals surface area contributed by atoms with Crippen LogP contribution in [0.2, 0.25) is 0 Å². The van der Waals surface area contributed by atoms with E-state index >= 15 is 0 Å². The van der Waals surface area contributed by atoms with Crippen molar-refractivity contribution in [2.45, 2.75) is 20.4 Å². The van der Waals surface area contributed by atoms with Crippen LogP contribution < -0.4 is 10.2 Å².